The molecule has 72 valence electrons. The first-order valence-corrected chi connectivity index (χ1v) is 6.40. The van der Waals surface area contributed by atoms with E-state index in [0.29, 0.717) is 4.88 Å². The predicted molar refractivity (Wildman–Crippen MR) is 51.3 cm³/mol. The minimum Gasteiger partial charge on any atom is -0.267 e. The largest absolute Gasteiger partial charge is 0.321 e. The van der Waals surface area contributed by atoms with Crippen molar-refractivity contribution in [2.75, 3.05) is 0 Å². The number of amides is 1. The molecule has 1 rings (SSSR count). The van der Waals surface area contributed by atoms with E-state index in [9.17, 15) is 13.2 Å². The lowest BCUT2D eigenvalue weighted by Gasteiger charge is -1.98. The molecule has 0 fully saturated rings. The molecule has 0 atom stereocenters. The molecule has 0 aliphatic heterocycles. The molecule has 0 radical (unpaired) electrons. The van der Waals surface area contributed by atoms with Gasteiger partial charge < -0.3 is 0 Å². The van der Waals surface area contributed by atoms with Crippen molar-refractivity contribution >= 4 is 37.2 Å². The summed E-state index contributed by atoms with van der Waals surface area (Å²) in [6.07, 6.45) is 0. The quantitative estimate of drug-likeness (QED) is 0.791. The van der Waals surface area contributed by atoms with Crippen LogP contribution in [-0.4, -0.2) is 14.3 Å². The molecule has 1 aromatic rings. The molecule has 7 heteroatoms. The summed E-state index contributed by atoms with van der Waals surface area (Å²) in [6.45, 7) is 1.71. The maximum atomic E-state index is 11.2. The second kappa shape index (κ2) is 3.65. The third kappa shape index (κ3) is 2.98. The van der Waals surface area contributed by atoms with Crippen molar-refractivity contribution in [2.24, 2.45) is 0 Å². The minimum atomic E-state index is -3.99. The van der Waals surface area contributed by atoms with Gasteiger partial charge in [-0.1, -0.05) is 0 Å². The van der Waals surface area contributed by atoms with Gasteiger partial charge in [0.05, 0.1) is 4.88 Å². The number of nitrogens with one attached hydrogen (secondary N) is 1. The lowest BCUT2D eigenvalue weighted by atomic mass is 10.3. The van der Waals surface area contributed by atoms with Crippen molar-refractivity contribution in [3.63, 3.8) is 0 Å². The molecular weight excluding hydrogens is 234 g/mol. The molecule has 0 aromatic carbocycles. The number of hydrogen-bond donors (Lipinski definition) is 1. The topological polar surface area (TPSA) is 63.2 Å². The summed E-state index contributed by atoms with van der Waals surface area (Å²) in [5.41, 5.74) is 0.725. The van der Waals surface area contributed by atoms with E-state index < -0.39 is 15.1 Å². The summed E-state index contributed by atoms with van der Waals surface area (Å²) in [5, 5.41) is 1.70. The van der Waals surface area contributed by atoms with Gasteiger partial charge in [0.1, 0.15) is 0 Å². The lowest BCUT2D eigenvalue weighted by molar-refractivity contribution is 0.0985. The van der Waals surface area contributed by atoms with Crippen molar-refractivity contribution in [2.45, 2.75) is 6.92 Å². The summed E-state index contributed by atoms with van der Waals surface area (Å²) in [4.78, 5) is 11.5. The lowest BCUT2D eigenvalue weighted by Crippen LogP contribution is -2.26. The van der Waals surface area contributed by atoms with Gasteiger partial charge in [0.25, 0.3) is 5.91 Å². The van der Waals surface area contributed by atoms with Gasteiger partial charge in [0.2, 0.25) is 0 Å². The van der Waals surface area contributed by atoms with Crippen LogP contribution in [0.2, 0.25) is 0 Å². The van der Waals surface area contributed by atoms with E-state index in [0.717, 1.165) is 16.9 Å². The van der Waals surface area contributed by atoms with Crippen LogP contribution in [-0.2, 0) is 9.24 Å². The Labute approximate surface area is 84.1 Å². The fraction of sp³-hybridized carbons (Fsp3) is 0.167. The summed E-state index contributed by atoms with van der Waals surface area (Å²) in [6, 6.07) is 1.72. The van der Waals surface area contributed by atoms with Crippen molar-refractivity contribution in [1.82, 2.24) is 4.72 Å². The van der Waals surface area contributed by atoms with E-state index in [4.69, 9.17) is 10.7 Å². The molecule has 4 nitrogen and oxygen atoms in total. The van der Waals surface area contributed by atoms with Gasteiger partial charge in [-0.25, -0.2) is 4.72 Å². The Morgan fingerprint density at radius 3 is 2.62 bits per heavy atom. The highest BCUT2D eigenvalue weighted by atomic mass is 35.7. The van der Waals surface area contributed by atoms with E-state index >= 15 is 0 Å². The molecule has 13 heavy (non-hydrogen) atoms. The predicted octanol–water partition coefficient (Wildman–Crippen LogP) is 1.27. The molecule has 1 heterocycles. The van der Waals surface area contributed by atoms with Crippen LogP contribution in [0.1, 0.15) is 15.2 Å². The third-order valence-electron chi connectivity index (χ3n) is 1.28. The summed E-state index contributed by atoms with van der Waals surface area (Å²) < 4.78 is 22.6. The number of rotatable bonds is 2. The summed E-state index contributed by atoms with van der Waals surface area (Å²) >= 11 is 1.16. The molecule has 0 bridgehead atoms. The van der Waals surface area contributed by atoms with E-state index in [1.165, 1.54) is 0 Å². The molecule has 0 aliphatic rings. The maximum Gasteiger partial charge on any atom is 0.321 e. The summed E-state index contributed by atoms with van der Waals surface area (Å²) in [5.74, 6) is -0.692. The Kier molecular flexibility index (Phi) is 2.94. The van der Waals surface area contributed by atoms with Crippen molar-refractivity contribution in [3.8, 4) is 0 Å². The highest BCUT2D eigenvalue weighted by molar-refractivity contribution is 8.12. The average Bonchev–Trinajstić information content (AvgIpc) is 2.30. The van der Waals surface area contributed by atoms with Crippen molar-refractivity contribution < 1.29 is 13.2 Å². The number of carbonyl (C=O) groups is 1. The van der Waals surface area contributed by atoms with E-state index in [2.05, 4.69) is 0 Å². The molecule has 1 N–H and O–H groups in total. The number of aryl methyl sites for hydroxylation is 1. The highest BCUT2D eigenvalue weighted by Gasteiger charge is 2.15. The smallest absolute Gasteiger partial charge is 0.267 e. The zero-order valence-electron chi connectivity index (χ0n) is 6.57. The first kappa shape index (κ1) is 10.5. The van der Waals surface area contributed by atoms with Gasteiger partial charge >= 0.3 is 9.24 Å². The van der Waals surface area contributed by atoms with Crippen LogP contribution in [0.3, 0.4) is 0 Å². The Balaban J connectivity index is 2.88. The van der Waals surface area contributed by atoms with Crippen LogP contribution in [0.15, 0.2) is 11.4 Å². The molecule has 0 unspecified atom stereocenters. The van der Waals surface area contributed by atoms with Crippen molar-refractivity contribution in [1.29, 1.82) is 0 Å². The Bertz CT molecular complexity index is 423. The minimum absolute atomic E-state index is 0.351. The van der Waals surface area contributed by atoms with Crippen LogP contribution >= 0.6 is 22.0 Å². The van der Waals surface area contributed by atoms with Crippen LogP contribution in [0, 0.1) is 6.92 Å². The molecule has 1 amide bonds. The third-order valence-corrected chi connectivity index (χ3v) is 2.96. The first-order chi connectivity index (χ1) is 5.90. The van der Waals surface area contributed by atoms with Crippen molar-refractivity contribution in [3.05, 3.63) is 21.9 Å². The number of halogens is 1. The first-order valence-electron chi connectivity index (χ1n) is 3.21. The van der Waals surface area contributed by atoms with Gasteiger partial charge in [-0.05, 0) is 23.9 Å². The van der Waals surface area contributed by atoms with Crippen LogP contribution < -0.4 is 4.72 Å². The monoisotopic (exact) mass is 239 g/mol. The van der Waals surface area contributed by atoms with Gasteiger partial charge in [-0.2, -0.15) is 8.42 Å². The Morgan fingerprint density at radius 2 is 2.23 bits per heavy atom. The Morgan fingerprint density at radius 1 is 1.62 bits per heavy atom. The average molecular weight is 240 g/mol. The van der Waals surface area contributed by atoms with E-state index in [1.807, 2.05) is 0 Å². The molecule has 0 spiro atoms. The summed E-state index contributed by atoms with van der Waals surface area (Å²) in [7, 11) is 0.855. The second-order valence-corrected chi connectivity index (χ2v) is 5.52. The zero-order chi connectivity index (χ0) is 10.1. The van der Waals surface area contributed by atoms with Gasteiger partial charge in [0.15, 0.2) is 0 Å². The van der Waals surface area contributed by atoms with Gasteiger partial charge in [-0.15, -0.1) is 11.3 Å². The van der Waals surface area contributed by atoms with E-state index in [-0.39, 0.29) is 0 Å². The van der Waals surface area contributed by atoms with E-state index in [1.54, 1.807) is 23.1 Å². The molecule has 0 aliphatic carbocycles. The zero-order valence-corrected chi connectivity index (χ0v) is 8.96. The van der Waals surface area contributed by atoms with Gasteiger partial charge in [-0.3, -0.25) is 4.79 Å². The number of thiophene rings is 1. The Hall–Kier alpha value is -0.590. The molecule has 1 aromatic heterocycles. The van der Waals surface area contributed by atoms with Crippen LogP contribution in [0.25, 0.3) is 0 Å². The normalized spacial score (nSPS) is 11.2. The molecule has 0 saturated heterocycles. The van der Waals surface area contributed by atoms with Gasteiger partial charge in [0, 0.05) is 10.7 Å². The highest BCUT2D eigenvalue weighted by Crippen LogP contribution is 2.15. The maximum absolute atomic E-state index is 11.2. The molecule has 0 saturated carbocycles. The fourth-order valence-electron chi connectivity index (χ4n) is 0.762. The standard InChI is InChI=1S/C6H6ClNO3S2/c1-4-2-3-12-5(4)6(9)8-13(7,10)11/h2-3H,1H3,(H,8,9). The fourth-order valence-corrected chi connectivity index (χ4v) is 2.18. The molecular formula is C6H6ClNO3S2. The number of carbonyl (C=O) groups excluding carboxylic acids is 1. The number of hydrogen-bond acceptors (Lipinski definition) is 4. The van der Waals surface area contributed by atoms with Crippen LogP contribution in [0.4, 0.5) is 0 Å². The van der Waals surface area contributed by atoms with Crippen LogP contribution in [0.5, 0.6) is 0 Å². The SMILES string of the molecule is Cc1ccsc1C(=O)NS(=O)(=O)Cl. The second-order valence-electron chi connectivity index (χ2n) is 2.30.